The molecule has 4 aliphatic carbocycles. The number of hydrogen-bond acceptors (Lipinski definition) is 0. The van der Waals surface area contributed by atoms with Crippen molar-refractivity contribution in [2.45, 2.75) is 43.4 Å². The summed E-state index contributed by atoms with van der Waals surface area (Å²) >= 11 is 0. The maximum Gasteiger partial charge on any atom is 0.0296 e. The van der Waals surface area contributed by atoms with Gasteiger partial charge in [0, 0.05) is 10.8 Å². The zero-order valence-electron chi connectivity index (χ0n) is 34.4. The first-order valence-electron chi connectivity index (χ1n) is 22.0. The molecular formula is C61H44. The van der Waals surface area contributed by atoms with Crippen molar-refractivity contribution in [2.75, 3.05) is 0 Å². The van der Waals surface area contributed by atoms with Gasteiger partial charge in [-0.25, -0.2) is 0 Å². The van der Waals surface area contributed by atoms with Gasteiger partial charge in [0.15, 0.2) is 0 Å². The second-order valence-electron chi connectivity index (χ2n) is 18.3. The van der Waals surface area contributed by atoms with E-state index in [-0.39, 0.29) is 10.8 Å². The van der Waals surface area contributed by atoms with Crippen LogP contribution in [0.2, 0.25) is 0 Å². The second-order valence-corrected chi connectivity index (χ2v) is 18.3. The lowest BCUT2D eigenvalue weighted by Gasteiger charge is -2.27. The Morgan fingerprint density at radius 1 is 0.262 bits per heavy atom. The fraction of sp³-hybridized carbons (Fsp3) is 0.115. The van der Waals surface area contributed by atoms with Crippen LogP contribution in [0.1, 0.15) is 50.1 Å². The van der Waals surface area contributed by atoms with Gasteiger partial charge >= 0.3 is 0 Å². The van der Waals surface area contributed by atoms with Crippen molar-refractivity contribution < 1.29 is 0 Å². The van der Waals surface area contributed by atoms with Crippen molar-refractivity contribution in [3.8, 4) is 66.8 Å². The Balaban J connectivity index is 0.889. The first kappa shape index (κ1) is 34.8. The first-order valence-corrected chi connectivity index (χ1v) is 22.0. The average molecular weight is 777 g/mol. The summed E-state index contributed by atoms with van der Waals surface area (Å²) in [5, 5.41) is 0. The molecule has 4 aliphatic rings. The van der Waals surface area contributed by atoms with E-state index < -0.39 is 0 Å². The fourth-order valence-electron chi connectivity index (χ4n) is 12.1. The van der Waals surface area contributed by atoms with E-state index in [9.17, 15) is 0 Å². The van der Waals surface area contributed by atoms with E-state index in [1.165, 1.54) is 117 Å². The SMILES string of the molecule is Cc1cc(-c2ccc3c(c2)C2(Cc4ccc(-c5ccccc5)cc4C2)c2ccccc2-3)cc(-c2ccc3c(c2)C2(Cc4ccc(-c5ccccc5)cc4C2)c2ccccc2-3)c1. The predicted molar refractivity (Wildman–Crippen MR) is 253 cm³/mol. The summed E-state index contributed by atoms with van der Waals surface area (Å²) in [6.07, 6.45) is 4.10. The normalized spacial score (nSPS) is 18.4. The van der Waals surface area contributed by atoms with Crippen LogP contribution in [0.15, 0.2) is 200 Å². The smallest absolute Gasteiger partial charge is 0.0296 e. The van der Waals surface area contributed by atoms with Gasteiger partial charge in [-0.3, -0.25) is 0 Å². The van der Waals surface area contributed by atoms with E-state index in [4.69, 9.17) is 0 Å². The molecule has 0 radical (unpaired) electrons. The molecule has 0 N–H and O–H groups in total. The van der Waals surface area contributed by atoms with E-state index in [0.717, 1.165) is 25.7 Å². The Bertz CT molecular complexity index is 3040. The summed E-state index contributed by atoms with van der Waals surface area (Å²) in [6, 6.07) is 76.3. The molecule has 0 heterocycles. The molecule has 2 atom stereocenters. The predicted octanol–water partition coefficient (Wildman–Crippen LogP) is 14.8. The van der Waals surface area contributed by atoms with E-state index in [1.54, 1.807) is 0 Å². The number of aryl methyl sites for hydroxylation is 1. The van der Waals surface area contributed by atoms with Crippen molar-refractivity contribution in [1.82, 2.24) is 0 Å². The van der Waals surface area contributed by atoms with Gasteiger partial charge in [0.25, 0.3) is 0 Å². The van der Waals surface area contributed by atoms with E-state index in [2.05, 4.69) is 207 Å². The summed E-state index contributed by atoms with van der Waals surface area (Å²) < 4.78 is 0. The number of rotatable bonds is 4. The standard InChI is InChI=1S/C61H44/c1-39-28-48(44-24-26-54-52-16-8-10-18-56(52)60(58(54)33-44)35-46-22-20-42(30-50(46)37-60)40-12-4-2-5-13-40)32-49(29-39)45-25-27-55-53-17-9-11-19-57(53)61(59(55)34-45)36-47-23-21-43(31-51(47)38-61)41-14-6-3-7-15-41/h2-34H,35-38H2,1H3. The van der Waals surface area contributed by atoms with Gasteiger partial charge in [-0.15, -0.1) is 0 Å². The maximum absolute atomic E-state index is 2.55. The molecule has 61 heavy (non-hydrogen) atoms. The van der Waals surface area contributed by atoms with Crippen LogP contribution in [0.25, 0.3) is 66.8 Å². The fourth-order valence-corrected chi connectivity index (χ4v) is 12.1. The molecule has 0 bridgehead atoms. The number of hydrogen-bond donors (Lipinski definition) is 0. The van der Waals surface area contributed by atoms with Gasteiger partial charge in [-0.2, -0.15) is 0 Å². The Morgan fingerprint density at radius 3 is 1.11 bits per heavy atom. The maximum atomic E-state index is 2.55. The van der Waals surface area contributed by atoms with Crippen LogP contribution >= 0.6 is 0 Å². The first-order chi connectivity index (χ1) is 30.0. The van der Waals surface area contributed by atoms with Crippen LogP contribution in [-0.4, -0.2) is 0 Å². The molecule has 0 fully saturated rings. The van der Waals surface area contributed by atoms with Crippen LogP contribution in [0.5, 0.6) is 0 Å². The Kier molecular flexibility index (Phi) is 7.41. The summed E-state index contributed by atoms with van der Waals surface area (Å²) in [4.78, 5) is 0. The minimum absolute atomic E-state index is 0.0732. The van der Waals surface area contributed by atoms with Crippen molar-refractivity contribution in [3.63, 3.8) is 0 Å². The van der Waals surface area contributed by atoms with E-state index >= 15 is 0 Å². The molecule has 288 valence electrons. The minimum atomic E-state index is -0.0732. The highest BCUT2D eigenvalue weighted by molar-refractivity contribution is 5.88. The van der Waals surface area contributed by atoms with Gasteiger partial charge in [-0.1, -0.05) is 182 Å². The molecular weight excluding hydrogens is 733 g/mol. The Morgan fingerprint density at radius 2 is 0.639 bits per heavy atom. The third kappa shape index (κ3) is 5.18. The molecule has 9 aromatic carbocycles. The molecule has 0 heteroatoms. The Labute approximate surface area is 358 Å². The van der Waals surface area contributed by atoms with Gasteiger partial charge in [0.05, 0.1) is 0 Å². The zero-order valence-corrected chi connectivity index (χ0v) is 34.4. The average Bonchev–Trinajstić information content (AvgIpc) is 4.05. The lowest BCUT2D eigenvalue weighted by atomic mass is 9.75. The zero-order chi connectivity index (χ0) is 40.3. The molecule has 13 rings (SSSR count). The molecule has 0 amide bonds. The van der Waals surface area contributed by atoms with Gasteiger partial charge < -0.3 is 0 Å². The monoisotopic (exact) mass is 776 g/mol. The molecule has 2 spiro atoms. The molecule has 0 saturated heterocycles. The lowest BCUT2D eigenvalue weighted by molar-refractivity contribution is 0.564. The third-order valence-electron chi connectivity index (χ3n) is 14.9. The third-order valence-corrected chi connectivity index (χ3v) is 14.9. The van der Waals surface area contributed by atoms with Crippen LogP contribution in [0.3, 0.4) is 0 Å². The number of fused-ring (bicyclic) bond motifs is 12. The van der Waals surface area contributed by atoms with E-state index in [1.807, 2.05) is 0 Å². The highest BCUT2D eigenvalue weighted by Crippen LogP contribution is 2.58. The van der Waals surface area contributed by atoms with Gasteiger partial charge in [0.2, 0.25) is 0 Å². The molecule has 0 saturated carbocycles. The topological polar surface area (TPSA) is 0 Å². The quantitative estimate of drug-likeness (QED) is 0.167. The van der Waals surface area contributed by atoms with E-state index in [0.29, 0.717) is 0 Å². The molecule has 9 aromatic rings. The lowest BCUT2D eigenvalue weighted by Crippen LogP contribution is -2.25. The van der Waals surface area contributed by atoms with Gasteiger partial charge in [-0.05, 0) is 168 Å². The van der Waals surface area contributed by atoms with Gasteiger partial charge in [0.1, 0.15) is 0 Å². The van der Waals surface area contributed by atoms with Crippen molar-refractivity contribution in [1.29, 1.82) is 0 Å². The molecule has 2 unspecified atom stereocenters. The van der Waals surface area contributed by atoms with Crippen LogP contribution in [0.4, 0.5) is 0 Å². The highest BCUT2D eigenvalue weighted by Gasteiger charge is 2.48. The summed E-state index contributed by atoms with van der Waals surface area (Å²) in [5.41, 5.74) is 28.8. The van der Waals surface area contributed by atoms with Crippen LogP contribution < -0.4 is 0 Å². The Hall–Kier alpha value is -7.02. The second kappa shape index (κ2) is 13.0. The molecule has 0 nitrogen and oxygen atoms in total. The summed E-state index contributed by atoms with van der Waals surface area (Å²) in [6.45, 7) is 2.26. The summed E-state index contributed by atoms with van der Waals surface area (Å²) in [5.74, 6) is 0. The van der Waals surface area contributed by atoms with Crippen molar-refractivity contribution in [3.05, 3.63) is 250 Å². The summed E-state index contributed by atoms with van der Waals surface area (Å²) in [7, 11) is 0. The van der Waals surface area contributed by atoms with Crippen LogP contribution in [-0.2, 0) is 36.5 Å². The molecule has 0 aromatic heterocycles. The van der Waals surface area contributed by atoms with Crippen LogP contribution in [0, 0.1) is 6.92 Å². The minimum Gasteiger partial charge on any atom is -0.0622 e. The molecule has 0 aliphatic heterocycles. The number of benzene rings is 9. The largest absolute Gasteiger partial charge is 0.0622 e. The van der Waals surface area contributed by atoms with Crippen molar-refractivity contribution in [2.24, 2.45) is 0 Å². The highest BCUT2D eigenvalue weighted by atomic mass is 14.5. The van der Waals surface area contributed by atoms with Crippen molar-refractivity contribution >= 4 is 0 Å².